The van der Waals surface area contributed by atoms with Crippen LogP contribution in [0, 0.1) is 6.92 Å². The molecule has 2 rings (SSSR count). The summed E-state index contributed by atoms with van der Waals surface area (Å²) in [5.41, 5.74) is 8.36. The molecular formula is C15H24N2O2. The van der Waals surface area contributed by atoms with Crippen molar-refractivity contribution in [3.8, 4) is 11.5 Å². The fourth-order valence-corrected chi connectivity index (χ4v) is 2.45. The minimum atomic E-state index is -0.184. The van der Waals surface area contributed by atoms with Crippen molar-refractivity contribution in [2.75, 3.05) is 26.8 Å². The molecule has 1 heterocycles. The summed E-state index contributed by atoms with van der Waals surface area (Å²) in [7, 11) is 2.09. The molecule has 0 unspecified atom stereocenters. The first-order valence-corrected chi connectivity index (χ1v) is 6.72. The number of likely N-dealkylation sites (N-methyl/N-ethyl adjacent to an activating group) is 1. The topological polar surface area (TPSA) is 47.7 Å². The highest BCUT2D eigenvalue weighted by atomic mass is 16.6. The van der Waals surface area contributed by atoms with Gasteiger partial charge in [0.05, 0.1) is 0 Å². The van der Waals surface area contributed by atoms with Crippen molar-refractivity contribution in [1.29, 1.82) is 0 Å². The number of rotatable bonds is 4. The molecule has 0 aromatic heterocycles. The Bertz CT molecular complexity index is 452. The number of aryl methyl sites for hydroxylation is 1. The summed E-state index contributed by atoms with van der Waals surface area (Å²) in [5.74, 6) is 1.71. The maximum atomic E-state index is 6.05. The average molecular weight is 264 g/mol. The van der Waals surface area contributed by atoms with Crippen molar-refractivity contribution in [2.45, 2.75) is 32.9 Å². The molecule has 0 amide bonds. The Morgan fingerprint density at radius 2 is 1.79 bits per heavy atom. The Labute approximate surface area is 115 Å². The van der Waals surface area contributed by atoms with Crippen molar-refractivity contribution in [2.24, 2.45) is 5.73 Å². The van der Waals surface area contributed by atoms with Crippen molar-refractivity contribution >= 4 is 0 Å². The van der Waals surface area contributed by atoms with Gasteiger partial charge in [-0.25, -0.2) is 0 Å². The van der Waals surface area contributed by atoms with Gasteiger partial charge in [-0.1, -0.05) is 0 Å². The van der Waals surface area contributed by atoms with E-state index in [0.29, 0.717) is 13.2 Å². The average Bonchev–Trinajstić information content (AvgIpc) is 2.27. The molecule has 106 valence electrons. The van der Waals surface area contributed by atoms with Gasteiger partial charge in [0.15, 0.2) is 11.5 Å². The number of nitrogens with two attached hydrogens (primary N) is 1. The van der Waals surface area contributed by atoms with Crippen LogP contribution in [-0.2, 0) is 6.54 Å². The SMILES string of the molecule is Cc1cc2c(cc1CN(C)CC(C)(C)N)OCCO2. The summed E-state index contributed by atoms with van der Waals surface area (Å²) in [6.45, 7) is 9.16. The molecule has 1 aromatic carbocycles. The molecular weight excluding hydrogens is 240 g/mol. The molecule has 0 aliphatic carbocycles. The van der Waals surface area contributed by atoms with Crippen LogP contribution < -0.4 is 15.2 Å². The van der Waals surface area contributed by atoms with Crippen LogP contribution in [0.2, 0.25) is 0 Å². The second-order valence-electron chi connectivity index (χ2n) is 6.08. The van der Waals surface area contributed by atoms with E-state index in [9.17, 15) is 0 Å². The normalized spacial score (nSPS) is 14.8. The Hall–Kier alpha value is -1.26. The van der Waals surface area contributed by atoms with E-state index in [4.69, 9.17) is 15.2 Å². The fourth-order valence-electron chi connectivity index (χ4n) is 2.45. The maximum absolute atomic E-state index is 6.05. The molecule has 0 saturated carbocycles. The zero-order chi connectivity index (χ0) is 14.0. The number of hydrogen-bond donors (Lipinski definition) is 1. The molecule has 0 atom stereocenters. The van der Waals surface area contributed by atoms with Crippen molar-refractivity contribution in [1.82, 2.24) is 4.90 Å². The van der Waals surface area contributed by atoms with Gasteiger partial charge < -0.3 is 20.1 Å². The van der Waals surface area contributed by atoms with E-state index < -0.39 is 0 Å². The Morgan fingerprint density at radius 3 is 2.37 bits per heavy atom. The first-order chi connectivity index (χ1) is 8.85. The van der Waals surface area contributed by atoms with Crippen LogP contribution in [0.1, 0.15) is 25.0 Å². The molecule has 1 aliphatic rings. The quantitative estimate of drug-likeness (QED) is 0.903. The van der Waals surface area contributed by atoms with Crippen LogP contribution in [0.25, 0.3) is 0 Å². The lowest BCUT2D eigenvalue weighted by molar-refractivity contribution is 0.171. The lowest BCUT2D eigenvalue weighted by Gasteiger charge is -2.27. The molecule has 0 radical (unpaired) electrons. The largest absolute Gasteiger partial charge is 0.486 e. The molecule has 0 spiro atoms. The van der Waals surface area contributed by atoms with E-state index in [1.807, 2.05) is 13.8 Å². The van der Waals surface area contributed by atoms with E-state index in [1.54, 1.807) is 0 Å². The van der Waals surface area contributed by atoms with Crippen LogP contribution in [0.15, 0.2) is 12.1 Å². The molecule has 19 heavy (non-hydrogen) atoms. The molecule has 1 aromatic rings. The number of hydrogen-bond acceptors (Lipinski definition) is 4. The zero-order valence-electron chi connectivity index (χ0n) is 12.3. The number of benzene rings is 1. The molecule has 1 aliphatic heterocycles. The van der Waals surface area contributed by atoms with Crippen LogP contribution in [0.3, 0.4) is 0 Å². The molecule has 4 heteroatoms. The molecule has 4 nitrogen and oxygen atoms in total. The Kier molecular flexibility index (Phi) is 4.02. The monoisotopic (exact) mass is 264 g/mol. The summed E-state index contributed by atoms with van der Waals surface area (Å²) in [4.78, 5) is 2.23. The van der Waals surface area contributed by atoms with Crippen LogP contribution in [-0.4, -0.2) is 37.2 Å². The van der Waals surface area contributed by atoms with Gasteiger partial charge in [-0.2, -0.15) is 0 Å². The number of nitrogens with zero attached hydrogens (tertiary/aromatic N) is 1. The number of fused-ring (bicyclic) bond motifs is 1. The van der Waals surface area contributed by atoms with Crippen LogP contribution in [0.4, 0.5) is 0 Å². The van der Waals surface area contributed by atoms with Crippen molar-refractivity contribution in [3.05, 3.63) is 23.3 Å². The van der Waals surface area contributed by atoms with E-state index >= 15 is 0 Å². The molecule has 0 saturated heterocycles. The van der Waals surface area contributed by atoms with Gasteiger partial charge in [0.25, 0.3) is 0 Å². The summed E-state index contributed by atoms with van der Waals surface area (Å²) >= 11 is 0. The summed E-state index contributed by atoms with van der Waals surface area (Å²) < 4.78 is 11.2. The minimum absolute atomic E-state index is 0.184. The van der Waals surface area contributed by atoms with Crippen molar-refractivity contribution in [3.63, 3.8) is 0 Å². The highest BCUT2D eigenvalue weighted by molar-refractivity contribution is 5.47. The van der Waals surface area contributed by atoms with Gasteiger partial charge in [-0.05, 0) is 51.1 Å². The van der Waals surface area contributed by atoms with Gasteiger partial charge in [0.2, 0.25) is 0 Å². The second-order valence-corrected chi connectivity index (χ2v) is 6.08. The third kappa shape index (κ3) is 3.85. The van der Waals surface area contributed by atoms with Gasteiger partial charge in [0, 0.05) is 18.6 Å². The zero-order valence-corrected chi connectivity index (χ0v) is 12.3. The van der Waals surface area contributed by atoms with Gasteiger partial charge in [0.1, 0.15) is 13.2 Å². The maximum Gasteiger partial charge on any atom is 0.161 e. The van der Waals surface area contributed by atoms with E-state index in [2.05, 4.69) is 31.0 Å². The van der Waals surface area contributed by atoms with E-state index in [0.717, 1.165) is 24.6 Å². The minimum Gasteiger partial charge on any atom is -0.486 e. The second kappa shape index (κ2) is 5.39. The van der Waals surface area contributed by atoms with Gasteiger partial charge in [-0.15, -0.1) is 0 Å². The van der Waals surface area contributed by atoms with Gasteiger partial charge >= 0.3 is 0 Å². The highest BCUT2D eigenvalue weighted by Crippen LogP contribution is 2.33. The predicted octanol–water partition coefficient (Wildman–Crippen LogP) is 1.94. The van der Waals surface area contributed by atoms with Gasteiger partial charge in [-0.3, -0.25) is 0 Å². The summed E-state index contributed by atoms with van der Waals surface area (Å²) in [6.07, 6.45) is 0. The third-order valence-electron chi connectivity index (χ3n) is 3.12. The molecule has 0 bridgehead atoms. The highest BCUT2D eigenvalue weighted by Gasteiger charge is 2.17. The lowest BCUT2D eigenvalue weighted by atomic mass is 10.0. The standard InChI is InChI=1S/C15H24N2O2/c1-11-7-13-14(19-6-5-18-13)8-12(11)9-17(4)10-15(2,3)16/h7-8H,5-6,9-10,16H2,1-4H3. The third-order valence-corrected chi connectivity index (χ3v) is 3.12. The Balaban J connectivity index is 2.12. The first-order valence-electron chi connectivity index (χ1n) is 6.72. The van der Waals surface area contributed by atoms with Crippen LogP contribution in [0.5, 0.6) is 11.5 Å². The Morgan fingerprint density at radius 1 is 1.21 bits per heavy atom. The van der Waals surface area contributed by atoms with Crippen molar-refractivity contribution < 1.29 is 9.47 Å². The van der Waals surface area contributed by atoms with Crippen LogP contribution >= 0.6 is 0 Å². The fraction of sp³-hybridized carbons (Fsp3) is 0.600. The predicted molar refractivity (Wildman–Crippen MR) is 76.8 cm³/mol. The van der Waals surface area contributed by atoms with E-state index in [1.165, 1.54) is 11.1 Å². The first kappa shape index (κ1) is 14.2. The molecule has 0 fully saturated rings. The smallest absolute Gasteiger partial charge is 0.161 e. The summed E-state index contributed by atoms with van der Waals surface area (Å²) in [5, 5.41) is 0. The molecule has 2 N–H and O–H groups in total. The number of ether oxygens (including phenoxy) is 2. The summed E-state index contributed by atoms with van der Waals surface area (Å²) in [6, 6.07) is 4.15. The lowest BCUT2D eigenvalue weighted by Crippen LogP contribution is -2.43. The van der Waals surface area contributed by atoms with E-state index in [-0.39, 0.29) is 5.54 Å².